The lowest BCUT2D eigenvalue weighted by molar-refractivity contribution is -0.122. The average Bonchev–Trinajstić information content (AvgIpc) is 2.89. The fourth-order valence-corrected chi connectivity index (χ4v) is 3.34. The van der Waals surface area contributed by atoms with Crippen LogP contribution in [0.1, 0.15) is 11.6 Å². The van der Waals surface area contributed by atoms with Gasteiger partial charge in [-0.1, -0.05) is 18.2 Å². The number of carbonyl (C=O) groups excluding carboxylic acids is 1. The molecule has 4 rings (SSSR count). The Morgan fingerprint density at radius 1 is 1.14 bits per heavy atom. The van der Waals surface area contributed by atoms with Crippen LogP contribution >= 0.6 is 24.4 Å². The van der Waals surface area contributed by atoms with E-state index in [-0.39, 0.29) is 17.1 Å². The molecule has 1 saturated heterocycles. The molecule has 110 valence electrons. The highest BCUT2D eigenvalue weighted by molar-refractivity contribution is 7.80. The minimum Gasteiger partial charge on any atom is -0.361 e. The number of rotatable bonds is 1. The van der Waals surface area contributed by atoms with Crippen molar-refractivity contribution >= 4 is 57.3 Å². The quantitative estimate of drug-likeness (QED) is 0.590. The molecule has 4 N–H and O–H groups in total. The fraction of sp³-hybridized carbons (Fsp3) is 0.143. The first-order valence-electron chi connectivity index (χ1n) is 6.70. The van der Waals surface area contributed by atoms with Crippen molar-refractivity contribution in [2.45, 2.75) is 6.04 Å². The van der Waals surface area contributed by atoms with Crippen molar-refractivity contribution in [3.8, 4) is 0 Å². The zero-order chi connectivity index (χ0) is 15.3. The summed E-state index contributed by atoms with van der Waals surface area (Å²) < 4.78 is 0. The van der Waals surface area contributed by atoms with Gasteiger partial charge in [-0.15, -0.1) is 0 Å². The Kier molecular flexibility index (Phi) is 2.95. The van der Waals surface area contributed by atoms with Crippen LogP contribution in [0.2, 0.25) is 0 Å². The predicted molar refractivity (Wildman–Crippen MR) is 91.6 cm³/mol. The first-order chi connectivity index (χ1) is 10.6. The number of amidine groups is 1. The molecule has 3 heterocycles. The third-order valence-corrected chi connectivity index (χ3v) is 4.26. The molecule has 1 amide bonds. The molecular formula is C14H11N5OS2. The van der Waals surface area contributed by atoms with Crippen LogP contribution in [0, 0.1) is 5.92 Å². The number of fused-ring (bicyclic) bond motifs is 2. The van der Waals surface area contributed by atoms with E-state index in [1.54, 1.807) is 0 Å². The Morgan fingerprint density at radius 3 is 2.82 bits per heavy atom. The number of para-hydroxylation sites is 1. The maximum Gasteiger partial charge on any atom is 0.239 e. The number of nitrogens with zero attached hydrogens (tertiary/aromatic N) is 1. The van der Waals surface area contributed by atoms with Crippen LogP contribution in [-0.4, -0.2) is 27.0 Å². The van der Waals surface area contributed by atoms with E-state index >= 15 is 0 Å². The molecule has 2 aromatic rings. The highest BCUT2D eigenvalue weighted by Crippen LogP contribution is 2.32. The zero-order valence-electron chi connectivity index (χ0n) is 11.2. The normalized spacial score (nSPS) is 24.2. The molecule has 0 saturated carbocycles. The van der Waals surface area contributed by atoms with E-state index in [0.29, 0.717) is 10.9 Å². The number of carbonyl (C=O) groups is 1. The van der Waals surface area contributed by atoms with Crippen molar-refractivity contribution < 1.29 is 4.79 Å². The second kappa shape index (κ2) is 4.85. The summed E-state index contributed by atoms with van der Waals surface area (Å²) in [4.78, 5) is 19.8. The van der Waals surface area contributed by atoms with Crippen molar-refractivity contribution in [2.75, 3.05) is 0 Å². The van der Waals surface area contributed by atoms with Gasteiger partial charge in [-0.2, -0.15) is 0 Å². The number of aromatic amines is 1. The van der Waals surface area contributed by atoms with Crippen LogP contribution in [0.25, 0.3) is 10.9 Å². The second-order valence-electron chi connectivity index (χ2n) is 5.13. The molecule has 0 bridgehead atoms. The first-order valence-corrected chi connectivity index (χ1v) is 7.52. The lowest BCUT2D eigenvalue weighted by Gasteiger charge is -2.35. The highest BCUT2D eigenvalue weighted by atomic mass is 32.1. The van der Waals surface area contributed by atoms with Gasteiger partial charge in [-0.25, -0.2) is 4.99 Å². The van der Waals surface area contributed by atoms with Crippen LogP contribution in [0.3, 0.4) is 0 Å². The minimum absolute atomic E-state index is 0.187. The summed E-state index contributed by atoms with van der Waals surface area (Å²) in [6, 6.07) is 7.62. The molecule has 2 aliphatic heterocycles. The molecule has 22 heavy (non-hydrogen) atoms. The first kappa shape index (κ1) is 13.4. The van der Waals surface area contributed by atoms with E-state index in [9.17, 15) is 4.79 Å². The third-order valence-electron chi connectivity index (χ3n) is 3.85. The van der Waals surface area contributed by atoms with Gasteiger partial charge in [0.1, 0.15) is 11.8 Å². The number of benzene rings is 1. The Balaban J connectivity index is 1.84. The molecular weight excluding hydrogens is 318 g/mol. The molecule has 0 radical (unpaired) electrons. The van der Waals surface area contributed by atoms with Crippen molar-refractivity contribution in [3.63, 3.8) is 0 Å². The minimum atomic E-state index is -0.502. The lowest BCUT2D eigenvalue weighted by atomic mass is 9.89. The lowest BCUT2D eigenvalue weighted by Crippen LogP contribution is -2.61. The summed E-state index contributed by atoms with van der Waals surface area (Å²) in [6.45, 7) is 0. The van der Waals surface area contributed by atoms with Gasteiger partial charge in [-0.05, 0) is 30.5 Å². The molecule has 2 aliphatic rings. The fourth-order valence-electron chi connectivity index (χ4n) is 2.91. The number of H-pyrrole nitrogens is 1. The van der Waals surface area contributed by atoms with Gasteiger partial charge < -0.3 is 20.9 Å². The van der Waals surface area contributed by atoms with Crippen LogP contribution in [0.5, 0.6) is 0 Å². The SMILES string of the molecule is O=C1NC(=S)NC2=NC(=S)NC(c3c[nH]c4ccccc34)C12. The van der Waals surface area contributed by atoms with Crippen LogP contribution in [0.15, 0.2) is 35.5 Å². The molecule has 6 nitrogen and oxygen atoms in total. The monoisotopic (exact) mass is 329 g/mol. The van der Waals surface area contributed by atoms with Gasteiger partial charge >= 0.3 is 0 Å². The summed E-state index contributed by atoms with van der Waals surface area (Å²) in [5, 5.41) is 10.3. The molecule has 1 aromatic carbocycles. The Morgan fingerprint density at radius 2 is 1.95 bits per heavy atom. The van der Waals surface area contributed by atoms with E-state index in [2.05, 4.69) is 25.9 Å². The predicted octanol–water partition coefficient (Wildman–Crippen LogP) is 1.12. The van der Waals surface area contributed by atoms with E-state index in [1.807, 2.05) is 30.5 Å². The number of nitrogens with one attached hydrogen (secondary N) is 4. The summed E-state index contributed by atoms with van der Waals surface area (Å²) in [5.41, 5.74) is 1.98. The van der Waals surface area contributed by atoms with Crippen molar-refractivity contribution in [2.24, 2.45) is 10.9 Å². The summed E-state index contributed by atoms with van der Waals surface area (Å²) >= 11 is 10.2. The molecule has 8 heteroatoms. The van der Waals surface area contributed by atoms with Crippen LogP contribution in [-0.2, 0) is 4.79 Å². The molecule has 2 unspecified atom stereocenters. The van der Waals surface area contributed by atoms with Crippen molar-refractivity contribution in [1.82, 2.24) is 20.9 Å². The van der Waals surface area contributed by atoms with Crippen LogP contribution < -0.4 is 16.0 Å². The van der Waals surface area contributed by atoms with E-state index in [4.69, 9.17) is 24.4 Å². The maximum atomic E-state index is 12.4. The molecule has 0 spiro atoms. The average molecular weight is 329 g/mol. The van der Waals surface area contributed by atoms with Crippen molar-refractivity contribution in [1.29, 1.82) is 0 Å². The number of thiocarbonyl (C=S) groups is 2. The van der Waals surface area contributed by atoms with E-state index < -0.39 is 5.92 Å². The zero-order valence-corrected chi connectivity index (χ0v) is 12.8. The molecule has 2 atom stereocenters. The smallest absolute Gasteiger partial charge is 0.239 e. The van der Waals surface area contributed by atoms with E-state index in [0.717, 1.165) is 16.5 Å². The molecule has 0 aliphatic carbocycles. The van der Waals surface area contributed by atoms with Gasteiger partial charge in [0.15, 0.2) is 10.2 Å². The second-order valence-corrected chi connectivity index (χ2v) is 5.93. The topological polar surface area (TPSA) is 81.3 Å². The van der Waals surface area contributed by atoms with Crippen LogP contribution in [0.4, 0.5) is 0 Å². The Bertz CT molecular complexity index is 856. The van der Waals surface area contributed by atoms with Gasteiger partial charge in [0.05, 0.1) is 6.04 Å². The number of hydrogen-bond acceptors (Lipinski definition) is 3. The summed E-state index contributed by atoms with van der Waals surface area (Å²) in [5.74, 6) is -0.196. The number of hydrogen-bond donors (Lipinski definition) is 4. The number of amides is 1. The largest absolute Gasteiger partial charge is 0.361 e. The van der Waals surface area contributed by atoms with Gasteiger partial charge in [0, 0.05) is 22.7 Å². The van der Waals surface area contributed by atoms with E-state index in [1.165, 1.54) is 0 Å². The molecule has 1 aromatic heterocycles. The van der Waals surface area contributed by atoms with Gasteiger partial charge in [0.2, 0.25) is 5.91 Å². The number of aromatic nitrogens is 1. The Labute approximate surface area is 136 Å². The summed E-state index contributed by atoms with van der Waals surface area (Å²) in [6.07, 6.45) is 1.90. The standard InChI is InChI=1S/C14H11N5OS2/c20-12-9-10(7-5-15-8-4-2-1-3-6(7)8)16-13(21)17-11(9)18-14(22)19-12/h1-5,9-10,15H,(H3,16,17,18,19,20,21,22). The highest BCUT2D eigenvalue weighted by Gasteiger charge is 2.42. The van der Waals surface area contributed by atoms with Crippen molar-refractivity contribution in [3.05, 3.63) is 36.0 Å². The molecule has 1 fully saturated rings. The third kappa shape index (κ3) is 1.99. The summed E-state index contributed by atoms with van der Waals surface area (Å²) in [7, 11) is 0. The van der Waals surface area contributed by atoms with Gasteiger partial charge in [-0.3, -0.25) is 4.79 Å². The Hall–Kier alpha value is -2.32. The number of aliphatic imine (C=N–C) groups is 1. The maximum absolute atomic E-state index is 12.4. The van der Waals surface area contributed by atoms with Gasteiger partial charge in [0.25, 0.3) is 0 Å².